The van der Waals surface area contributed by atoms with Crippen LogP contribution in [0.5, 0.6) is 0 Å². The fraction of sp³-hybridized carbons (Fsp3) is 0.400. The van der Waals surface area contributed by atoms with Gasteiger partial charge in [0, 0.05) is 6.04 Å². The highest BCUT2D eigenvalue weighted by Gasteiger charge is 2.18. The Morgan fingerprint density at radius 1 is 1.46 bits per heavy atom. The molecule has 0 aliphatic rings. The Kier molecular flexibility index (Phi) is 6.08. The molecule has 1 amide bonds. The number of carbonyl (C=O) groups excluding carboxylic acids is 1. The third kappa shape index (κ3) is 4.22. The van der Waals surface area contributed by atoms with E-state index in [9.17, 15) is 9.59 Å². The van der Waals surface area contributed by atoms with Crippen LogP contribution in [-0.2, 0) is 0 Å². The average Bonchev–Trinajstić information content (AvgIpc) is 3.28. The van der Waals surface area contributed by atoms with Crippen LogP contribution in [0, 0.1) is 6.92 Å². The topological polar surface area (TPSA) is 92.7 Å². The van der Waals surface area contributed by atoms with E-state index in [0.717, 1.165) is 19.3 Å². The van der Waals surface area contributed by atoms with Crippen molar-refractivity contribution in [2.75, 3.05) is 0 Å². The number of thiophene rings is 1. The first-order valence-electron chi connectivity index (χ1n) is 9.36. The summed E-state index contributed by atoms with van der Waals surface area (Å²) in [6, 6.07) is 1.86. The summed E-state index contributed by atoms with van der Waals surface area (Å²) in [6.07, 6.45) is 6.61. The Balaban J connectivity index is 1.73. The fourth-order valence-corrected chi connectivity index (χ4v) is 3.74. The third-order valence-corrected chi connectivity index (χ3v) is 5.74. The van der Waals surface area contributed by atoms with Gasteiger partial charge in [-0.25, -0.2) is 9.67 Å². The molecule has 0 saturated carbocycles. The lowest BCUT2D eigenvalue weighted by Gasteiger charge is -2.13. The SMILES string of the molecule is C/C=C(/C)CCC[C@H](C)NC(=O)c1cnn(-c2nc3ccsc3c(=O)[nH]2)c1C. The van der Waals surface area contributed by atoms with Crippen molar-refractivity contribution < 1.29 is 4.79 Å². The van der Waals surface area contributed by atoms with E-state index in [4.69, 9.17) is 0 Å². The van der Waals surface area contributed by atoms with Gasteiger partial charge in [-0.15, -0.1) is 11.3 Å². The molecule has 0 saturated heterocycles. The number of hydrogen-bond donors (Lipinski definition) is 2. The molecule has 7 nitrogen and oxygen atoms in total. The zero-order chi connectivity index (χ0) is 20.3. The number of nitrogens with one attached hydrogen (secondary N) is 2. The Morgan fingerprint density at radius 3 is 3.00 bits per heavy atom. The second-order valence-electron chi connectivity index (χ2n) is 6.98. The highest BCUT2D eigenvalue weighted by atomic mass is 32.1. The molecular formula is C20H25N5O2S. The molecule has 3 aromatic heterocycles. The molecule has 0 aliphatic carbocycles. The highest BCUT2D eigenvalue weighted by molar-refractivity contribution is 7.17. The van der Waals surface area contributed by atoms with E-state index >= 15 is 0 Å². The van der Waals surface area contributed by atoms with Gasteiger partial charge in [-0.2, -0.15) is 5.10 Å². The number of aromatic nitrogens is 4. The van der Waals surface area contributed by atoms with Gasteiger partial charge >= 0.3 is 0 Å². The van der Waals surface area contributed by atoms with Crippen LogP contribution < -0.4 is 10.9 Å². The number of amides is 1. The third-order valence-electron chi connectivity index (χ3n) is 4.84. The molecular weight excluding hydrogens is 374 g/mol. The van der Waals surface area contributed by atoms with Gasteiger partial charge in [0.1, 0.15) is 4.70 Å². The quantitative estimate of drug-likeness (QED) is 0.592. The standard InChI is InChI=1S/C20H25N5O2S/c1-5-12(2)7-6-8-13(3)22-18(26)15-11-21-25(14(15)4)20-23-16-9-10-28-17(16)19(27)24-20/h5,9-11,13H,6-8H2,1-4H3,(H,22,26)(H,23,24,27)/b12-5-/t13-/m0/s1. The maximum Gasteiger partial charge on any atom is 0.270 e. The van der Waals surface area contributed by atoms with Crippen LogP contribution in [0.4, 0.5) is 0 Å². The maximum absolute atomic E-state index is 12.6. The Labute approximate surface area is 167 Å². The first-order chi connectivity index (χ1) is 13.4. The zero-order valence-electron chi connectivity index (χ0n) is 16.6. The van der Waals surface area contributed by atoms with Crippen LogP contribution in [0.25, 0.3) is 16.2 Å². The molecule has 0 fully saturated rings. The van der Waals surface area contributed by atoms with Crippen molar-refractivity contribution in [3.05, 3.63) is 50.9 Å². The van der Waals surface area contributed by atoms with Crippen LogP contribution in [-0.4, -0.2) is 31.7 Å². The molecule has 3 heterocycles. The predicted octanol–water partition coefficient (Wildman–Crippen LogP) is 3.73. The normalized spacial score (nSPS) is 13.1. The van der Waals surface area contributed by atoms with Gasteiger partial charge in [-0.3, -0.25) is 14.6 Å². The van der Waals surface area contributed by atoms with E-state index in [-0.39, 0.29) is 17.5 Å². The van der Waals surface area contributed by atoms with Crippen LogP contribution in [0.15, 0.2) is 34.1 Å². The molecule has 148 valence electrons. The largest absolute Gasteiger partial charge is 0.349 e. The summed E-state index contributed by atoms with van der Waals surface area (Å²) in [6.45, 7) is 7.96. The summed E-state index contributed by atoms with van der Waals surface area (Å²) in [5.74, 6) is 0.139. The maximum atomic E-state index is 12.6. The van der Waals surface area contributed by atoms with Crippen molar-refractivity contribution in [3.8, 4) is 5.95 Å². The van der Waals surface area contributed by atoms with E-state index in [2.05, 4.69) is 33.4 Å². The lowest BCUT2D eigenvalue weighted by molar-refractivity contribution is 0.0937. The zero-order valence-corrected chi connectivity index (χ0v) is 17.4. The van der Waals surface area contributed by atoms with E-state index in [1.807, 2.05) is 19.2 Å². The molecule has 1 atom stereocenters. The van der Waals surface area contributed by atoms with Crippen molar-refractivity contribution in [1.29, 1.82) is 0 Å². The molecule has 3 aromatic rings. The van der Waals surface area contributed by atoms with Gasteiger partial charge in [0.05, 0.1) is 23.0 Å². The second kappa shape index (κ2) is 8.52. The van der Waals surface area contributed by atoms with Gasteiger partial charge in [0.25, 0.3) is 11.5 Å². The summed E-state index contributed by atoms with van der Waals surface area (Å²) in [4.78, 5) is 32.0. The molecule has 0 unspecified atom stereocenters. The van der Waals surface area contributed by atoms with Gasteiger partial charge in [0.2, 0.25) is 5.95 Å². The number of fused-ring (bicyclic) bond motifs is 1. The Bertz CT molecular complexity index is 1080. The Hall–Kier alpha value is -2.74. The number of carbonyl (C=O) groups is 1. The minimum atomic E-state index is -0.207. The molecule has 28 heavy (non-hydrogen) atoms. The minimum absolute atomic E-state index is 0.0694. The van der Waals surface area contributed by atoms with E-state index in [1.165, 1.54) is 27.8 Å². The number of aromatic amines is 1. The molecule has 0 radical (unpaired) electrons. The first-order valence-corrected chi connectivity index (χ1v) is 10.2. The highest BCUT2D eigenvalue weighted by Crippen LogP contribution is 2.17. The molecule has 0 aliphatic heterocycles. The minimum Gasteiger partial charge on any atom is -0.349 e. The smallest absolute Gasteiger partial charge is 0.270 e. The predicted molar refractivity (Wildman–Crippen MR) is 112 cm³/mol. The summed E-state index contributed by atoms with van der Waals surface area (Å²) >= 11 is 1.34. The molecule has 0 spiro atoms. The molecule has 0 aromatic carbocycles. The summed E-state index contributed by atoms with van der Waals surface area (Å²) in [5.41, 5.74) is 2.88. The van der Waals surface area contributed by atoms with Crippen molar-refractivity contribution in [2.24, 2.45) is 0 Å². The molecule has 3 rings (SSSR count). The lowest BCUT2D eigenvalue weighted by atomic mass is 10.1. The van der Waals surface area contributed by atoms with Gasteiger partial charge < -0.3 is 5.32 Å². The Morgan fingerprint density at radius 2 is 2.25 bits per heavy atom. The number of nitrogens with zero attached hydrogens (tertiary/aromatic N) is 3. The molecule has 2 N–H and O–H groups in total. The van der Waals surface area contributed by atoms with Crippen molar-refractivity contribution in [2.45, 2.75) is 53.0 Å². The second-order valence-corrected chi connectivity index (χ2v) is 7.90. The number of H-pyrrole nitrogens is 1. The van der Waals surface area contributed by atoms with E-state index in [1.54, 1.807) is 13.0 Å². The van der Waals surface area contributed by atoms with Gasteiger partial charge in [-0.1, -0.05) is 11.6 Å². The number of allylic oxidation sites excluding steroid dienone is 2. The van der Waals surface area contributed by atoms with E-state index < -0.39 is 0 Å². The monoisotopic (exact) mass is 399 g/mol. The van der Waals surface area contributed by atoms with Gasteiger partial charge in [-0.05, 0) is 58.4 Å². The number of hydrogen-bond acceptors (Lipinski definition) is 5. The summed E-state index contributed by atoms with van der Waals surface area (Å²) in [5, 5.41) is 9.11. The van der Waals surface area contributed by atoms with Crippen molar-refractivity contribution in [1.82, 2.24) is 25.1 Å². The summed E-state index contributed by atoms with van der Waals surface area (Å²) in [7, 11) is 0. The van der Waals surface area contributed by atoms with Crippen molar-refractivity contribution in [3.63, 3.8) is 0 Å². The lowest BCUT2D eigenvalue weighted by Crippen LogP contribution is -2.32. The molecule has 0 bridgehead atoms. The summed E-state index contributed by atoms with van der Waals surface area (Å²) < 4.78 is 2.07. The van der Waals surface area contributed by atoms with Crippen LogP contribution in [0.3, 0.4) is 0 Å². The van der Waals surface area contributed by atoms with Crippen LogP contribution >= 0.6 is 11.3 Å². The average molecular weight is 400 g/mol. The van der Waals surface area contributed by atoms with Gasteiger partial charge in [0.15, 0.2) is 0 Å². The van der Waals surface area contributed by atoms with Crippen LogP contribution in [0.1, 0.15) is 56.1 Å². The molecule has 8 heteroatoms. The van der Waals surface area contributed by atoms with Crippen LogP contribution in [0.2, 0.25) is 0 Å². The first kappa shape index (κ1) is 20.0. The van der Waals surface area contributed by atoms with E-state index in [0.29, 0.717) is 27.4 Å². The number of rotatable bonds is 7. The van der Waals surface area contributed by atoms with Crippen molar-refractivity contribution >= 4 is 27.5 Å². The fourth-order valence-electron chi connectivity index (χ4n) is 3.01.